The molecule has 0 unspecified atom stereocenters. The van der Waals surface area contributed by atoms with Crippen LogP contribution in [0.25, 0.3) is 0 Å². The lowest BCUT2D eigenvalue weighted by Gasteiger charge is -2.31. The second-order valence-electron chi connectivity index (χ2n) is 6.00. The highest BCUT2D eigenvalue weighted by molar-refractivity contribution is 8.01. The third-order valence-corrected chi connectivity index (χ3v) is 6.14. The fraction of sp³-hybridized carbons (Fsp3) is 0.389. The molecule has 0 bridgehead atoms. The van der Waals surface area contributed by atoms with Gasteiger partial charge in [0.15, 0.2) is 4.34 Å². The van der Waals surface area contributed by atoms with Gasteiger partial charge in [-0.3, -0.25) is 9.69 Å². The Kier molecular flexibility index (Phi) is 6.61. The highest BCUT2D eigenvalue weighted by atomic mass is 32.2. The number of anilines is 1. The van der Waals surface area contributed by atoms with Gasteiger partial charge in [0.25, 0.3) is 0 Å². The highest BCUT2D eigenvalue weighted by Crippen LogP contribution is 2.27. The van der Waals surface area contributed by atoms with Crippen LogP contribution in [0, 0.1) is 5.92 Å². The van der Waals surface area contributed by atoms with Crippen LogP contribution in [-0.4, -0.2) is 39.8 Å². The molecule has 0 saturated carbocycles. The summed E-state index contributed by atoms with van der Waals surface area (Å²) in [4.78, 5) is 14.9. The summed E-state index contributed by atoms with van der Waals surface area (Å²) in [5.74, 6) is 0.915. The number of likely N-dealkylation sites (tertiary alicyclic amines) is 1. The summed E-state index contributed by atoms with van der Waals surface area (Å²) in [6.07, 6.45) is 3.60. The summed E-state index contributed by atoms with van der Waals surface area (Å²) >= 11 is 2.99. The van der Waals surface area contributed by atoms with E-state index in [-0.39, 0.29) is 11.8 Å². The molecular formula is C18H22N4OS2. The predicted molar refractivity (Wildman–Crippen MR) is 104 cm³/mol. The fourth-order valence-corrected chi connectivity index (χ4v) is 4.37. The number of aromatic nitrogens is 2. The zero-order valence-electron chi connectivity index (χ0n) is 14.1. The Morgan fingerprint density at radius 2 is 2.08 bits per heavy atom. The van der Waals surface area contributed by atoms with Crippen LogP contribution in [0.5, 0.6) is 0 Å². The lowest BCUT2D eigenvalue weighted by atomic mass is 9.95. The van der Waals surface area contributed by atoms with E-state index in [9.17, 15) is 4.79 Å². The number of amides is 1. The molecule has 7 heteroatoms. The molecule has 0 atom stereocenters. The van der Waals surface area contributed by atoms with E-state index >= 15 is 0 Å². The van der Waals surface area contributed by atoms with Crippen LogP contribution in [-0.2, 0) is 11.3 Å². The predicted octanol–water partition coefficient (Wildman–Crippen LogP) is 3.67. The first-order valence-electron chi connectivity index (χ1n) is 8.39. The minimum atomic E-state index is 0.0557. The van der Waals surface area contributed by atoms with E-state index in [1.807, 2.05) is 12.1 Å². The number of carbonyl (C=O) groups is 1. The minimum Gasteiger partial charge on any atom is -0.300 e. The van der Waals surface area contributed by atoms with Gasteiger partial charge in [0.05, 0.1) is 0 Å². The van der Waals surface area contributed by atoms with Crippen molar-refractivity contribution >= 4 is 34.1 Å². The fourth-order valence-electron chi connectivity index (χ4n) is 2.85. The van der Waals surface area contributed by atoms with Crippen LogP contribution in [0.2, 0.25) is 0 Å². The molecule has 2 heterocycles. The molecule has 3 rings (SSSR count). The molecule has 0 spiro atoms. The van der Waals surface area contributed by atoms with Gasteiger partial charge in [-0.15, -0.1) is 16.8 Å². The lowest BCUT2D eigenvalue weighted by Crippen LogP contribution is -2.37. The smallest absolute Gasteiger partial charge is 0.229 e. The zero-order valence-corrected chi connectivity index (χ0v) is 15.7. The SMILES string of the molecule is C=CCSc1nnc(NC(=O)C2CCN(Cc3ccccc3)CC2)s1. The molecular weight excluding hydrogens is 352 g/mol. The van der Waals surface area contributed by atoms with Crippen molar-refractivity contribution in [2.45, 2.75) is 23.7 Å². The van der Waals surface area contributed by atoms with E-state index in [1.54, 1.807) is 11.8 Å². The van der Waals surface area contributed by atoms with Crippen LogP contribution in [0.3, 0.4) is 0 Å². The highest BCUT2D eigenvalue weighted by Gasteiger charge is 2.25. The molecule has 1 aliphatic heterocycles. The first kappa shape index (κ1) is 18.1. The Hall–Kier alpha value is -1.70. The summed E-state index contributed by atoms with van der Waals surface area (Å²) in [5, 5.41) is 11.6. The Morgan fingerprint density at radius 3 is 2.80 bits per heavy atom. The van der Waals surface area contributed by atoms with E-state index in [1.165, 1.54) is 16.9 Å². The van der Waals surface area contributed by atoms with Gasteiger partial charge in [0.2, 0.25) is 11.0 Å². The number of piperidine rings is 1. The number of nitrogens with one attached hydrogen (secondary N) is 1. The zero-order chi connectivity index (χ0) is 17.5. The van der Waals surface area contributed by atoms with Crippen LogP contribution in [0.4, 0.5) is 5.13 Å². The number of hydrogen-bond donors (Lipinski definition) is 1. The molecule has 1 saturated heterocycles. The molecule has 1 N–H and O–H groups in total. The Bertz CT molecular complexity index is 696. The van der Waals surface area contributed by atoms with Crippen molar-refractivity contribution in [3.63, 3.8) is 0 Å². The maximum Gasteiger partial charge on any atom is 0.229 e. The van der Waals surface area contributed by atoms with Crippen molar-refractivity contribution in [3.8, 4) is 0 Å². The van der Waals surface area contributed by atoms with Crippen LogP contribution >= 0.6 is 23.1 Å². The maximum atomic E-state index is 12.4. The van der Waals surface area contributed by atoms with Crippen LogP contribution in [0.15, 0.2) is 47.3 Å². The summed E-state index contributed by atoms with van der Waals surface area (Å²) in [7, 11) is 0. The number of thioether (sulfide) groups is 1. The molecule has 1 aromatic carbocycles. The van der Waals surface area contributed by atoms with Crippen molar-refractivity contribution in [1.82, 2.24) is 15.1 Å². The number of rotatable bonds is 7. The van der Waals surface area contributed by atoms with Crippen molar-refractivity contribution in [2.75, 3.05) is 24.2 Å². The number of hydrogen-bond acceptors (Lipinski definition) is 6. The minimum absolute atomic E-state index is 0.0557. The molecule has 1 amide bonds. The summed E-state index contributed by atoms with van der Waals surface area (Å²) in [6, 6.07) is 10.5. The molecule has 132 valence electrons. The standard InChI is InChI=1S/C18H22N4OS2/c1-2-12-24-18-21-20-17(25-18)19-16(23)15-8-10-22(11-9-15)13-14-6-4-3-5-7-14/h2-7,15H,1,8-13H2,(H,19,20,23). The van der Waals surface area contributed by atoms with E-state index in [4.69, 9.17) is 0 Å². The molecule has 1 fully saturated rings. The van der Waals surface area contributed by atoms with Gasteiger partial charge < -0.3 is 5.32 Å². The van der Waals surface area contributed by atoms with E-state index < -0.39 is 0 Å². The van der Waals surface area contributed by atoms with Crippen molar-refractivity contribution < 1.29 is 4.79 Å². The molecule has 2 aromatic rings. The number of benzene rings is 1. The summed E-state index contributed by atoms with van der Waals surface area (Å²) in [6.45, 7) is 6.54. The first-order valence-corrected chi connectivity index (χ1v) is 10.2. The lowest BCUT2D eigenvalue weighted by molar-refractivity contribution is -0.121. The molecule has 5 nitrogen and oxygen atoms in total. The first-order chi connectivity index (χ1) is 12.2. The molecule has 0 aliphatic carbocycles. The van der Waals surface area contributed by atoms with Gasteiger partial charge in [-0.1, -0.05) is 59.5 Å². The van der Waals surface area contributed by atoms with Crippen molar-refractivity contribution in [2.24, 2.45) is 5.92 Å². The van der Waals surface area contributed by atoms with Gasteiger partial charge in [-0.05, 0) is 31.5 Å². The third-order valence-electron chi connectivity index (χ3n) is 4.17. The number of nitrogens with zero attached hydrogens (tertiary/aromatic N) is 3. The second kappa shape index (κ2) is 9.12. The normalized spacial score (nSPS) is 15.8. The van der Waals surface area contributed by atoms with Gasteiger partial charge in [-0.2, -0.15) is 0 Å². The van der Waals surface area contributed by atoms with Gasteiger partial charge in [0.1, 0.15) is 0 Å². The maximum absolute atomic E-state index is 12.4. The molecule has 1 aliphatic rings. The summed E-state index contributed by atoms with van der Waals surface area (Å²) in [5.41, 5.74) is 1.32. The van der Waals surface area contributed by atoms with E-state index in [0.29, 0.717) is 5.13 Å². The van der Waals surface area contributed by atoms with Gasteiger partial charge in [0, 0.05) is 18.2 Å². The topological polar surface area (TPSA) is 58.1 Å². The Labute approximate surface area is 156 Å². The quantitative estimate of drug-likeness (QED) is 0.455. The Balaban J connectivity index is 1.45. The van der Waals surface area contributed by atoms with E-state index in [2.05, 4.69) is 51.3 Å². The van der Waals surface area contributed by atoms with Gasteiger partial charge >= 0.3 is 0 Å². The number of carbonyl (C=O) groups excluding carboxylic acids is 1. The largest absolute Gasteiger partial charge is 0.300 e. The summed E-state index contributed by atoms with van der Waals surface area (Å²) < 4.78 is 0.855. The second-order valence-corrected chi connectivity index (χ2v) is 8.24. The molecule has 0 radical (unpaired) electrons. The average Bonchev–Trinajstić information content (AvgIpc) is 3.08. The monoisotopic (exact) mass is 374 g/mol. The molecule has 25 heavy (non-hydrogen) atoms. The third kappa shape index (κ3) is 5.39. The van der Waals surface area contributed by atoms with Crippen molar-refractivity contribution in [1.29, 1.82) is 0 Å². The van der Waals surface area contributed by atoms with Crippen molar-refractivity contribution in [3.05, 3.63) is 48.6 Å². The average molecular weight is 375 g/mol. The van der Waals surface area contributed by atoms with Crippen LogP contribution in [0.1, 0.15) is 18.4 Å². The Morgan fingerprint density at radius 1 is 1.32 bits per heavy atom. The van der Waals surface area contributed by atoms with E-state index in [0.717, 1.165) is 42.6 Å². The van der Waals surface area contributed by atoms with Gasteiger partial charge in [-0.25, -0.2) is 0 Å². The molecule has 1 aromatic heterocycles. The van der Waals surface area contributed by atoms with Crippen LogP contribution < -0.4 is 5.32 Å².